The summed E-state index contributed by atoms with van der Waals surface area (Å²) in [7, 11) is 0. The highest BCUT2D eigenvalue weighted by atomic mass is 127. The molecule has 0 aromatic heterocycles. The summed E-state index contributed by atoms with van der Waals surface area (Å²) in [6.45, 7) is 0. The Labute approximate surface area is 131 Å². The third-order valence-corrected chi connectivity index (χ3v) is 4.12. The largest absolute Gasteiger partial charge is 0.388 e. The molecule has 1 unspecified atom stereocenters. The molecule has 0 radical (unpaired) electrons. The molecule has 0 spiro atoms. The van der Waals surface area contributed by atoms with Gasteiger partial charge in [0.25, 0.3) is 0 Å². The van der Waals surface area contributed by atoms with E-state index >= 15 is 0 Å². The summed E-state index contributed by atoms with van der Waals surface area (Å²) in [5.74, 6) is -1.31. The van der Waals surface area contributed by atoms with Crippen molar-refractivity contribution in [3.05, 3.63) is 67.2 Å². The average Bonchev–Trinajstić information content (AvgIpc) is 2.40. The Morgan fingerprint density at radius 3 is 2.37 bits per heavy atom. The van der Waals surface area contributed by atoms with Crippen LogP contribution < -0.4 is 0 Å². The lowest BCUT2D eigenvalue weighted by atomic mass is 10.0. The van der Waals surface area contributed by atoms with E-state index in [9.17, 15) is 13.9 Å². The Hall–Kier alpha value is -0.530. The van der Waals surface area contributed by atoms with E-state index in [1.807, 2.05) is 12.1 Å². The highest BCUT2D eigenvalue weighted by Crippen LogP contribution is 2.26. The molecule has 100 valence electrons. The van der Waals surface area contributed by atoms with Crippen LogP contribution in [0.4, 0.5) is 8.78 Å². The molecule has 0 amide bonds. The normalized spacial score (nSPS) is 12.5. The average molecular weight is 439 g/mol. The molecule has 1 nitrogen and oxygen atoms in total. The van der Waals surface area contributed by atoms with Crippen molar-refractivity contribution in [1.82, 2.24) is 0 Å². The molecule has 0 saturated carbocycles. The van der Waals surface area contributed by atoms with Gasteiger partial charge in [0.05, 0.1) is 10.6 Å². The van der Waals surface area contributed by atoms with Gasteiger partial charge in [-0.15, -0.1) is 0 Å². The Bertz CT molecular complexity index is 587. The van der Waals surface area contributed by atoms with Gasteiger partial charge in [-0.05, 0) is 68.3 Å². The van der Waals surface area contributed by atoms with Crippen molar-refractivity contribution in [1.29, 1.82) is 0 Å². The lowest BCUT2D eigenvalue weighted by Crippen LogP contribution is -2.06. The molecule has 0 aliphatic carbocycles. The highest BCUT2D eigenvalue weighted by Gasteiger charge is 2.17. The van der Waals surface area contributed by atoms with Crippen molar-refractivity contribution in [2.45, 2.75) is 12.5 Å². The maximum absolute atomic E-state index is 13.8. The van der Waals surface area contributed by atoms with Gasteiger partial charge < -0.3 is 5.11 Å². The molecule has 0 fully saturated rings. The van der Waals surface area contributed by atoms with Gasteiger partial charge in [-0.2, -0.15) is 0 Å². The Balaban J connectivity index is 2.26. The van der Waals surface area contributed by atoms with Crippen molar-refractivity contribution < 1.29 is 13.9 Å². The quantitative estimate of drug-likeness (QED) is 0.548. The van der Waals surface area contributed by atoms with Crippen LogP contribution in [0, 0.1) is 15.2 Å². The summed E-state index contributed by atoms with van der Waals surface area (Å²) in [5, 5.41) is 10.1. The smallest absolute Gasteiger partial charge is 0.143 e. The summed E-state index contributed by atoms with van der Waals surface area (Å²) in [6.07, 6.45) is -1.03. The monoisotopic (exact) mass is 438 g/mol. The molecule has 19 heavy (non-hydrogen) atoms. The van der Waals surface area contributed by atoms with Gasteiger partial charge in [-0.1, -0.05) is 12.1 Å². The van der Waals surface area contributed by atoms with Gasteiger partial charge in [0, 0.05) is 15.6 Å². The van der Waals surface area contributed by atoms with Crippen molar-refractivity contribution >= 4 is 38.5 Å². The minimum atomic E-state index is -0.935. The lowest BCUT2D eigenvalue weighted by Gasteiger charge is -2.13. The van der Waals surface area contributed by atoms with Crippen LogP contribution in [0.15, 0.2) is 40.9 Å². The first-order valence-corrected chi connectivity index (χ1v) is 7.42. The van der Waals surface area contributed by atoms with Gasteiger partial charge in [-0.3, -0.25) is 0 Å². The molecule has 2 aromatic carbocycles. The number of aliphatic hydroxyl groups excluding tert-OH is 1. The molecule has 2 aromatic rings. The maximum Gasteiger partial charge on any atom is 0.143 e. The fourth-order valence-electron chi connectivity index (χ4n) is 1.75. The number of rotatable bonds is 3. The summed E-state index contributed by atoms with van der Waals surface area (Å²) in [4.78, 5) is 0. The first kappa shape index (κ1) is 14.9. The summed E-state index contributed by atoms with van der Waals surface area (Å²) in [5.41, 5.74) is 0.527. The molecule has 1 N–H and O–H groups in total. The molecule has 0 saturated heterocycles. The Kier molecular flexibility index (Phi) is 4.92. The van der Waals surface area contributed by atoms with Crippen LogP contribution in [0.1, 0.15) is 17.2 Å². The van der Waals surface area contributed by atoms with Crippen LogP contribution in [0.2, 0.25) is 0 Å². The fraction of sp³-hybridized carbons (Fsp3) is 0.143. The van der Waals surface area contributed by atoms with Crippen LogP contribution in [0.5, 0.6) is 0 Å². The predicted molar refractivity (Wildman–Crippen MR) is 81.9 cm³/mol. The van der Waals surface area contributed by atoms with Crippen molar-refractivity contribution in [3.8, 4) is 0 Å². The van der Waals surface area contributed by atoms with E-state index in [0.29, 0.717) is 5.56 Å². The molecule has 5 heteroatoms. The van der Waals surface area contributed by atoms with Crippen molar-refractivity contribution in [3.63, 3.8) is 0 Å². The number of aliphatic hydroxyl groups is 1. The summed E-state index contributed by atoms with van der Waals surface area (Å²) >= 11 is 5.16. The molecular formula is C14H10BrF2IO. The minimum Gasteiger partial charge on any atom is -0.388 e. The van der Waals surface area contributed by atoms with E-state index in [4.69, 9.17) is 0 Å². The second-order valence-electron chi connectivity index (χ2n) is 4.09. The van der Waals surface area contributed by atoms with E-state index < -0.39 is 17.7 Å². The maximum atomic E-state index is 13.8. The van der Waals surface area contributed by atoms with E-state index in [-0.39, 0.29) is 16.5 Å². The second kappa shape index (κ2) is 6.28. The van der Waals surface area contributed by atoms with Crippen molar-refractivity contribution in [2.75, 3.05) is 0 Å². The van der Waals surface area contributed by atoms with Crippen LogP contribution in [-0.2, 0) is 6.42 Å². The minimum absolute atomic E-state index is 0.0995. The lowest BCUT2D eigenvalue weighted by molar-refractivity contribution is 0.175. The molecule has 1 atom stereocenters. The predicted octanol–water partition coefficient (Wildman–Crippen LogP) is 4.61. The zero-order chi connectivity index (χ0) is 14.0. The van der Waals surface area contributed by atoms with Crippen molar-refractivity contribution in [2.24, 2.45) is 0 Å². The van der Waals surface area contributed by atoms with E-state index in [1.54, 1.807) is 12.1 Å². The van der Waals surface area contributed by atoms with E-state index in [2.05, 4.69) is 38.5 Å². The molecular weight excluding hydrogens is 429 g/mol. The van der Waals surface area contributed by atoms with Gasteiger partial charge in [0.2, 0.25) is 0 Å². The van der Waals surface area contributed by atoms with Gasteiger partial charge in [0.15, 0.2) is 0 Å². The molecule has 0 bridgehead atoms. The van der Waals surface area contributed by atoms with Crippen LogP contribution in [0.25, 0.3) is 0 Å². The van der Waals surface area contributed by atoms with Crippen LogP contribution >= 0.6 is 38.5 Å². The molecule has 2 rings (SSSR count). The van der Waals surface area contributed by atoms with Gasteiger partial charge in [-0.25, -0.2) is 8.78 Å². The van der Waals surface area contributed by atoms with E-state index in [0.717, 1.165) is 3.57 Å². The van der Waals surface area contributed by atoms with E-state index in [1.165, 1.54) is 12.1 Å². The first-order valence-electron chi connectivity index (χ1n) is 5.55. The van der Waals surface area contributed by atoms with Crippen LogP contribution in [-0.4, -0.2) is 5.11 Å². The number of benzene rings is 2. The highest BCUT2D eigenvalue weighted by molar-refractivity contribution is 14.1. The third-order valence-electron chi connectivity index (χ3n) is 2.79. The number of hydrogen-bond acceptors (Lipinski definition) is 1. The summed E-state index contributed by atoms with van der Waals surface area (Å²) < 4.78 is 28.6. The number of halogens is 4. The summed E-state index contributed by atoms with van der Waals surface area (Å²) in [6, 6.07) is 9.68. The van der Waals surface area contributed by atoms with Gasteiger partial charge >= 0.3 is 0 Å². The standard InChI is InChI=1S/C14H10BrF2IO/c15-11-5-6-12(16)10(14(11)17)7-13(19)8-1-3-9(18)4-2-8/h1-6,13,19H,7H2. The van der Waals surface area contributed by atoms with Crippen LogP contribution in [0.3, 0.4) is 0 Å². The zero-order valence-corrected chi connectivity index (χ0v) is 13.5. The second-order valence-corrected chi connectivity index (χ2v) is 6.19. The van der Waals surface area contributed by atoms with Gasteiger partial charge in [0.1, 0.15) is 11.6 Å². The zero-order valence-electron chi connectivity index (χ0n) is 9.71. The number of hydrogen-bond donors (Lipinski definition) is 1. The Morgan fingerprint density at radius 1 is 1.11 bits per heavy atom. The SMILES string of the molecule is OC(Cc1c(F)ccc(Br)c1F)c1ccc(I)cc1. The molecule has 0 aliphatic heterocycles. The molecule has 0 aliphatic rings. The molecule has 0 heterocycles. The first-order chi connectivity index (χ1) is 8.99. The Morgan fingerprint density at radius 2 is 1.74 bits per heavy atom. The third kappa shape index (κ3) is 3.52. The topological polar surface area (TPSA) is 20.2 Å². The fourth-order valence-corrected chi connectivity index (χ4v) is 2.48.